The number of benzene rings is 2. The number of halogens is 2. The fourth-order valence-electron chi connectivity index (χ4n) is 6.20. The van der Waals surface area contributed by atoms with Gasteiger partial charge in [-0.1, -0.05) is 5.92 Å². The summed E-state index contributed by atoms with van der Waals surface area (Å²) in [5.74, 6) is 5.01. The largest absolute Gasteiger partial charge is 0.352 e. The van der Waals surface area contributed by atoms with E-state index in [4.69, 9.17) is 0 Å². The van der Waals surface area contributed by atoms with Crippen LogP contribution in [0, 0.1) is 30.4 Å². The minimum atomic E-state index is -0.657. The lowest BCUT2D eigenvalue weighted by Crippen LogP contribution is -2.64. The number of nitrogens with zero attached hydrogens (tertiary/aromatic N) is 4. The summed E-state index contributed by atoms with van der Waals surface area (Å²) in [4.78, 5) is 47.6. The van der Waals surface area contributed by atoms with Crippen LogP contribution in [-0.2, 0) is 16.1 Å². The van der Waals surface area contributed by atoms with Gasteiger partial charge in [-0.25, -0.2) is 13.6 Å². The van der Waals surface area contributed by atoms with Gasteiger partial charge >= 0.3 is 5.69 Å². The molecule has 39 heavy (non-hydrogen) atoms. The molecule has 2 fully saturated rings. The Kier molecular flexibility index (Phi) is 6.42. The van der Waals surface area contributed by atoms with Crippen LogP contribution in [-0.4, -0.2) is 57.1 Å². The number of amides is 1. The van der Waals surface area contributed by atoms with E-state index in [1.165, 1.54) is 12.1 Å². The first-order chi connectivity index (χ1) is 18.8. The van der Waals surface area contributed by atoms with Crippen LogP contribution in [0.1, 0.15) is 31.7 Å². The van der Waals surface area contributed by atoms with E-state index in [-0.39, 0.29) is 42.2 Å². The molecule has 4 heterocycles. The molecule has 1 aromatic heterocycles. The quantitative estimate of drug-likeness (QED) is 0.452. The van der Waals surface area contributed by atoms with Crippen LogP contribution in [0.4, 0.5) is 14.6 Å². The third kappa shape index (κ3) is 4.29. The highest BCUT2D eigenvalue weighted by atomic mass is 32.2. The van der Waals surface area contributed by atoms with Crippen molar-refractivity contribution in [3.05, 3.63) is 51.9 Å². The summed E-state index contributed by atoms with van der Waals surface area (Å²) in [6, 6.07) is 4.75. The molecule has 7 nitrogen and oxygen atoms in total. The molecule has 0 radical (unpaired) electrons. The van der Waals surface area contributed by atoms with Gasteiger partial charge in [0, 0.05) is 60.0 Å². The van der Waals surface area contributed by atoms with E-state index in [0.29, 0.717) is 36.5 Å². The minimum absolute atomic E-state index is 0.109. The standard InChI is InChI=1S/C29H26F2N4O3S/c1-3-5-24(37)35-18-12-20(36)13-19(35)15-33(14-18)28-22-10-16(2)25(21-7-6-17(30)11-23(21)31)27-26(22)34(29(38)32-28)8-4-9-39-27/h6-7,10-11,18-19H,4,8-9,12-15H2,1-2H3. The van der Waals surface area contributed by atoms with Crippen LogP contribution in [0.25, 0.3) is 22.0 Å². The first kappa shape index (κ1) is 25.6. The van der Waals surface area contributed by atoms with E-state index in [1.807, 2.05) is 17.9 Å². The molecule has 0 spiro atoms. The zero-order chi connectivity index (χ0) is 27.4. The van der Waals surface area contributed by atoms with Crippen LogP contribution in [0.5, 0.6) is 0 Å². The Bertz CT molecular complexity index is 1660. The highest BCUT2D eigenvalue weighted by molar-refractivity contribution is 7.99. The molecule has 3 aliphatic heterocycles. The van der Waals surface area contributed by atoms with Crippen LogP contribution >= 0.6 is 11.8 Å². The van der Waals surface area contributed by atoms with E-state index < -0.39 is 17.3 Å². The fraction of sp³-hybridized carbons (Fsp3) is 0.379. The lowest BCUT2D eigenvalue weighted by Gasteiger charge is -2.49. The summed E-state index contributed by atoms with van der Waals surface area (Å²) < 4.78 is 30.4. The third-order valence-corrected chi connectivity index (χ3v) is 8.89. The number of hydrogen-bond acceptors (Lipinski definition) is 6. The van der Waals surface area contributed by atoms with Crippen molar-refractivity contribution in [2.24, 2.45) is 0 Å². The zero-order valence-corrected chi connectivity index (χ0v) is 22.4. The number of Topliss-reactive ketones (excluding diaryl/α,β-unsaturated/α-hetero) is 1. The van der Waals surface area contributed by atoms with Crippen molar-refractivity contribution in [3.63, 3.8) is 0 Å². The maximum atomic E-state index is 15.0. The summed E-state index contributed by atoms with van der Waals surface area (Å²) in [5.41, 5.74) is 2.01. The number of rotatable bonds is 2. The molecule has 2 bridgehead atoms. The van der Waals surface area contributed by atoms with Gasteiger partial charge in [-0.05, 0) is 55.7 Å². The molecule has 2 unspecified atom stereocenters. The van der Waals surface area contributed by atoms with Crippen LogP contribution < -0.4 is 10.6 Å². The molecule has 3 aliphatic rings. The van der Waals surface area contributed by atoms with Crippen molar-refractivity contribution < 1.29 is 18.4 Å². The van der Waals surface area contributed by atoms with Gasteiger partial charge in [-0.15, -0.1) is 11.8 Å². The van der Waals surface area contributed by atoms with Crippen molar-refractivity contribution in [1.29, 1.82) is 0 Å². The highest BCUT2D eigenvalue weighted by Gasteiger charge is 2.43. The molecule has 2 aromatic carbocycles. The zero-order valence-electron chi connectivity index (χ0n) is 21.6. The Morgan fingerprint density at radius 3 is 2.56 bits per heavy atom. The topological polar surface area (TPSA) is 75.5 Å². The van der Waals surface area contributed by atoms with Gasteiger partial charge < -0.3 is 9.80 Å². The number of anilines is 1. The maximum Gasteiger partial charge on any atom is 0.350 e. The van der Waals surface area contributed by atoms with E-state index in [2.05, 4.69) is 16.8 Å². The first-order valence-electron chi connectivity index (χ1n) is 12.9. The molecular weight excluding hydrogens is 522 g/mol. The Labute approximate surface area is 228 Å². The SMILES string of the molecule is CC#CC(=O)N1C2CC(=O)CC1CN(c1nc(=O)n3c4c(c(-c5ccc(F)cc5F)c(C)cc14)SCCC3)C2. The number of piperidine rings is 1. The van der Waals surface area contributed by atoms with Gasteiger partial charge in [0.05, 0.1) is 17.6 Å². The first-order valence-corrected chi connectivity index (χ1v) is 13.9. The van der Waals surface area contributed by atoms with Crippen molar-refractivity contribution in [2.45, 2.75) is 56.6 Å². The Morgan fingerprint density at radius 2 is 1.87 bits per heavy atom. The number of carbonyl (C=O) groups is 2. The molecule has 6 rings (SSSR count). The van der Waals surface area contributed by atoms with Crippen molar-refractivity contribution >= 4 is 40.2 Å². The molecule has 0 N–H and O–H groups in total. The highest BCUT2D eigenvalue weighted by Crippen LogP contribution is 2.44. The smallest absolute Gasteiger partial charge is 0.350 e. The normalized spacial score (nSPS) is 20.5. The van der Waals surface area contributed by atoms with Crippen molar-refractivity contribution in [2.75, 3.05) is 23.7 Å². The predicted molar refractivity (Wildman–Crippen MR) is 146 cm³/mol. The molecule has 0 saturated carbocycles. The average molecular weight is 549 g/mol. The molecule has 2 saturated heterocycles. The molecule has 2 atom stereocenters. The van der Waals surface area contributed by atoms with Gasteiger partial charge in [-0.3, -0.25) is 14.2 Å². The maximum absolute atomic E-state index is 15.0. The molecule has 1 amide bonds. The third-order valence-electron chi connectivity index (χ3n) is 7.71. The number of fused-ring (bicyclic) bond motifs is 2. The number of aromatic nitrogens is 2. The van der Waals surface area contributed by atoms with Gasteiger partial charge in [0.1, 0.15) is 23.2 Å². The molecule has 10 heteroatoms. The Balaban J connectivity index is 1.53. The van der Waals surface area contributed by atoms with Gasteiger partial charge in [0.2, 0.25) is 0 Å². The van der Waals surface area contributed by atoms with Crippen molar-refractivity contribution in [3.8, 4) is 23.0 Å². The minimum Gasteiger partial charge on any atom is -0.352 e. The number of thioether (sulfide) groups is 1. The van der Waals surface area contributed by atoms with Crippen LogP contribution in [0.3, 0.4) is 0 Å². The Morgan fingerprint density at radius 1 is 1.13 bits per heavy atom. The molecule has 0 aliphatic carbocycles. The number of carbonyl (C=O) groups excluding carboxylic acids is 2. The number of aryl methyl sites for hydroxylation is 2. The summed E-state index contributed by atoms with van der Waals surface area (Å²) in [6.07, 6.45) is 1.20. The van der Waals surface area contributed by atoms with E-state index in [1.54, 1.807) is 28.2 Å². The average Bonchev–Trinajstić information content (AvgIpc) is 3.10. The van der Waals surface area contributed by atoms with Gasteiger partial charge in [-0.2, -0.15) is 4.98 Å². The summed E-state index contributed by atoms with van der Waals surface area (Å²) >= 11 is 1.56. The predicted octanol–water partition coefficient (Wildman–Crippen LogP) is 3.92. The fourth-order valence-corrected chi connectivity index (χ4v) is 7.45. The van der Waals surface area contributed by atoms with Gasteiger partial charge in [0.25, 0.3) is 5.91 Å². The lowest BCUT2D eigenvalue weighted by molar-refractivity contribution is -0.138. The summed E-state index contributed by atoms with van der Waals surface area (Å²) in [7, 11) is 0. The summed E-state index contributed by atoms with van der Waals surface area (Å²) in [5, 5.41) is 0.764. The second-order valence-corrected chi connectivity index (χ2v) is 11.3. The lowest BCUT2D eigenvalue weighted by atomic mass is 9.89. The monoisotopic (exact) mass is 548 g/mol. The van der Waals surface area contributed by atoms with E-state index >= 15 is 4.39 Å². The van der Waals surface area contributed by atoms with E-state index in [0.717, 1.165) is 34.1 Å². The van der Waals surface area contributed by atoms with Crippen LogP contribution in [0.2, 0.25) is 0 Å². The Hall–Kier alpha value is -3.71. The molecular formula is C29H26F2N4O3S. The number of ketones is 1. The van der Waals surface area contributed by atoms with Gasteiger partial charge in [0.15, 0.2) is 0 Å². The van der Waals surface area contributed by atoms with E-state index in [9.17, 15) is 18.8 Å². The second kappa shape index (κ2) is 9.79. The van der Waals surface area contributed by atoms with Crippen molar-refractivity contribution in [1.82, 2.24) is 14.5 Å². The second-order valence-electron chi connectivity index (χ2n) is 10.2. The number of hydrogen-bond donors (Lipinski definition) is 0. The van der Waals surface area contributed by atoms with Crippen LogP contribution in [0.15, 0.2) is 34.0 Å². The molecule has 200 valence electrons. The number of piperazine rings is 1. The summed E-state index contributed by atoms with van der Waals surface area (Å²) in [6.45, 7) is 4.67. The molecule has 3 aromatic rings.